The fraction of sp³-hybridized carbons (Fsp3) is 0.143. The van der Waals surface area contributed by atoms with Crippen molar-refractivity contribution in [3.05, 3.63) is 23.7 Å². The smallest absolute Gasteiger partial charge is 0.277 e. The van der Waals surface area contributed by atoms with Crippen molar-refractivity contribution in [2.75, 3.05) is 5.73 Å². The van der Waals surface area contributed by atoms with Crippen molar-refractivity contribution in [3.63, 3.8) is 0 Å². The third-order valence-electron chi connectivity index (χ3n) is 1.74. The van der Waals surface area contributed by atoms with E-state index in [9.17, 15) is 4.79 Å². The van der Waals surface area contributed by atoms with Crippen LogP contribution in [-0.2, 0) is 6.54 Å². The van der Waals surface area contributed by atoms with Crippen molar-refractivity contribution in [1.82, 2.24) is 25.8 Å². The highest BCUT2D eigenvalue weighted by Crippen LogP contribution is 2.03. The zero-order chi connectivity index (χ0) is 10.7. The van der Waals surface area contributed by atoms with Crippen molar-refractivity contribution < 1.29 is 9.42 Å². The minimum absolute atomic E-state index is 0.0153. The van der Waals surface area contributed by atoms with Crippen LogP contribution in [0, 0.1) is 0 Å². The molecule has 4 N–H and O–H groups in total. The highest BCUT2D eigenvalue weighted by Gasteiger charge is 2.15. The molecule has 0 saturated heterocycles. The Bertz CT molecular complexity index is 448. The number of carbonyl (C=O) groups excluding carboxylic acids is 1. The summed E-state index contributed by atoms with van der Waals surface area (Å²) in [5.41, 5.74) is 6.17. The molecule has 0 radical (unpaired) electrons. The second-order valence-corrected chi connectivity index (χ2v) is 2.79. The van der Waals surface area contributed by atoms with Crippen LogP contribution < -0.4 is 11.1 Å². The van der Waals surface area contributed by atoms with Crippen molar-refractivity contribution in [2.24, 2.45) is 0 Å². The minimum Gasteiger partial charge on any atom is -0.379 e. The maximum Gasteiger partial charge on any atom is 0.277 e. The molecule has 0 aliphatic carbocycles. The number of hydrogen-bond acceptors (Lipinski definition) is 6. The molecule has 0 atom stereocenters. The summed E-state index contributed by atoms with van der Waals surface area (Å²) in [7, 11) is 0. The van der Waals surface area contributed by atoms with Crippen molar-refractivity contribution >= 4 is 11.7 Å². The van der Waals surface area contributed by atoms with E-state index in [0.717, 1.165) is 5.56 Å². The summed E-state index contributed by atoms with van der Waals surface area (Å²) < 4.78 is 4.30. The lowest BCUT2D eigenvalue weighted by atomic mass is 10.3. The van der Waals surface area contributed by atoms with Gasteiger partial charge in [-0.3, -0.25) is 9.89 Å². The van der Waals surface area contributed by atoms with Gasteiger partial charge in [-0.2, -0.15) is 5.10 Å². The zero-order valence-electron chi connectivity index (χ0n) is 7.60. The number of hydrogen-bond donors (Lipinski definition) is 3. The zero-order valence-corrected chi connectivity index (χ0v) is 7.60. The van der Waals surface area contributed by atoms with Gasteiger partial charge in [-0.25, -0.2) is 4.63 Å². The summed E-state index contributed by atoms with van der Waals surface area (Å²) in [5, 5.41) is 15.6. The quantitative estimate of drug-likeness (QED) is 0.613. The van der Waals surface area contributed by atoms with Crippen molar-refractivity contribution in [3.8, 4) is 0 Å². The van der Waals surface area contributed by atoms with Crippen LogP contribution in [0.5, 0.6) is 0 Å². The molecule has 0 fully saturated rings. The summed E-state index contributed by atoms with van der Waals surface area (Å²) in [4.78, 5) is 11.4. The number of rotatable bonds is 3. The van der Waals surface area contributed by atoms with Gasteiger partial charge >= 0.3 is 0 Å². The first-order chi connectivity index (χ1) is 7.27. The number of aromatic amines is 1. The highest BCUT2D eigenvalue weighted by atomic mass is 16.6. The third kappa shape index (κ3) is 1.93. The molecule has 2 aromatic heterocycles. The summed E-state index contributed by atoms with van der Waals surface area (Å²) in [6.45, 7) is 0.335. The van der Waals surface area contributed by atoms with Crippen LogP contribution in [0.15, 0.2) is 17.0 Å². The first-order valence-electron chi connectivity index (χ1n) is 4.11. The van der Waals surface area contributed by atoms with E-state index in [1.54, 1.807) is 12.4 Å². The van der Waals surface area contributed by atoms with Crippen molar-refractivity contribution in [1.29, 1.82) is 0 Å². The van der Waals surface area contributed by atoms with E-state index in [4.69, 9.17) is 5.73 Å². The average molecular weight is 208 g/mol. The van der Waals surface area contributed by atoms with Crippen LogP contribution in [0.1, 0.15) is 16.1 Å². The molecule has 1 amide bonds. The molecule has 0 spiro atoms. The number of carbonyl (C=O) groups is 1. The van der Waals surface area contributed by atoms with E-state index in [1.807, 2.05) is 0 Å². The standard InChI is InChI=1S/C7H8N6O2/c8-6-5(12-15-13-6)7(14)9-1-4-2-10-11-3-4/h2-3H,1H2,(H2,8,13)(H,9,14)(H,10,11). The Kier molecular flexibility index (Phi) is 2.31. The summed E-state index contributed by atoms with van der Waals surface area (Å²) >= 11 is 0. The lowest BCUT2D eigenvalue weighted by Gasteiger charge is -1.99. The highest BCUT2D eigenvalue weighted by molar-refractivity contribution is 5.95. The Labute approximate surface area is 83.8 Å². The molecule has 8 heteroatoms. The van der Waals surface area contributed by atoms with Gasteiger partial charge in [0.2, 0.25) is 11.5 Å². The Morgan fingerprint density at radius 3 is 3.07 bits per heavy atom. The number of nitrogens with two attached hydrogens (primary N) is 1. The molecule has 0 saturated carbocycles. The van der Waals surface area contributed by atoms with E-state index < -0.39 is 5.91 Å². The molecular formula is C7H8N6O2. The van der Waals surface area contributed by atoms with Gasteiger partial charge in [-0.05, 0) is 10.3 Å². The predicted octanol–water partition coefficient (Wildman–Crippen LogP) is -0.695. The molecule has 2 rings (SSSR count). The van der Waals surface area contributed by atoms with Crippen LogP contribution in [-0.4, -0.2) is 26.4 Å². The summed E-state index contributed by atoms with van der Waals surface area (Å²) in [6.07, 6.45) is 3.27. The van der Waals surface area contributed by atoms with E-state index in [2.05, 4.69) is 30.5 Å². The van der Waals surface area contributed by atoms with Gasteiger partial charge < -0.3 is 11.1 Å². The molecule has 0 unspecified atom stereocenters. The lowest BCUT2D eigenvalue weighted by Crippen LogP contribution is -2.23. The van der Waals surface area contributed by atoms with E-state index in [-0.39, 0.29) is 11.5 Å². The Balaban J connectivity index is 1.96. The SMILES string of the molecule is Nc1nonc1C(=O)NCc1cn[nH]c1. The second kappa shape index (κ2) is 3.78. The first kappa shape index (κ1) is 9.19. The van der Waals surface area contributed by atoms with Gasteiger partial charge in [0.05, 0.1) is 6.20 Å². The number of H-pyrrole nitrogens is 1. The number of nitrogens with zero attached hydrogens (tertiary/aromatic N) is 3. The topological polar surface area (TPSA) is 123 Å². The van der Waals surface area contributed by atoms with Crippen LogP contribution in [0.2, 0.25) is 0 Å². The number of anilines is 1. The van der Waals surface area contributed by atoms with Crippen LogP contribution in [0.3, 0.4) is 0 Å². The molecule has 2 aromatic rings. The predicted molar refractivity (Wildman–Crippen MR) is 48.5 cm³/mol. The number of amides is 1. The molecule has 0 aliphatic rings. The van der Waals surface area contributed by atoms with Gasteiger partial charge in [-0.15, -0.1) is 0 Å². The van der Waals surface area contributed by atoms with Crippen LogP contribution >= 0.6 is 0 Å². The fourth-order valence-electron chi connectivity index (χ4n) is 0.993. The van der Waals surface area contributed by atoms with Gasteiger partial charge in [0, 0.05) is 18.3 Å². The molecular weight excluding hydrogens is 200 g/mol. The Hall–Kier alpha value is -2.38. The van der Waals surface area contributed by atoms with Gasteiger partial charge in [0.1, 0.15) is 0 Å². The molecule has 8 nitrogen and oxygen atoms in total. The monoisotopic (exact) mass is 208 g/mol. The van der Waals surface area contributed by atoms with E-state index in [0.29, 0.717) is 6.54 Å². The lowest BCUT2D eigenvalue weighted by molar-refractivity contribution is 0.0941. The Morgan fingerprint density at radius 2 is 2.47 bits per heavy atom. The molecule has 0 bridgehead atoms. The van der Waals surface area contributed by atoms with Gasteiger partial charge in [0.15, 0.2) is 0 Å². The normalized spacial score (nSPS) is 10.1. The molecule has 78 valence electrons. The maximum absolute atomic E-state index is 11.4. The number of nitrogen functional groups attached to an aromatic ring is 1. The summed E-state index contributed by atoms with van der Waals surface area (Å²) in [6, 6.07) is 0. The minimum atomic E-state index is -0.435. The number of aromatic nitrogens is 4. The summed E-state index contributed by atoms with van der Waals surface area (Å²) in [5.74, 6) is -0.463. The van der Waals surface area contributed by atoms with Crippen LogP contribution in [0.4, 0.5) is 5.82 Å². The van der Waals surface area contributed by atoms with Gasteiger partial charge in [0.25, 0.3) is 5.91 Å². The fourth-order valence-corrected chi connectivity index (χ4v) is 0.993. The van der Waals surface area contributed by atoms with E-state index in [1.165, 1.54) is 0 Å². The largest absolute Gasteiger partial charge is 0.379 e. The average Bonchev–Trinajstić information content (AvgIpc) is 2.84. The first-order valence-corrected chi connectivity index (χ1v) is 4.11. The third-order valence-corrected chi connectivity index (χ3v) is 1.74. The number of nitrogens with one attached hydrogen (secondary N) is 2. The molecule has 0 aromatic carbocycles. The molecule has 2 heterocycles. The maximum atomic E-state index is 11.4. The van der Waals surface area contributed by atoms with Gasteiger partial charge in [-0.1, -0.05) is 0 Å². The van der Waals surface area contributed by atoms with Crippen molar-refractivity contribution in [2.45, 2.75) is 6.54 Å². The molecule has 0 aliphatic heterocycles. The Morgan fingerprint density at radius 1 is 1.60 bits per heavy atom. The van der Waals surface area contributed by atoms with E-state index >= 15 is 0 Å². The van der Waals surface area contributed by atoms with Crippen LogP contribution in [0.25, 0.3) is 0 Å². The second-order valence-electron chi connectivity index (χ2n) is 2.79. The molecule has 15 heavy (non-hydrogen) atoms.